The molecule has 88 valence electrons. The Labute approximate surface area is 102 Å². The van der Waals surface area contributed by atoms with Crippen LogP contribution >= 0.6 is 11.6 Å². The van der Waals surface area contributed by atoms with Crippen molar-refractivity contribution in [3.63, 3.8) is 0 Å². The number of benzene rings is 1. The van der Waals surface area contributed by atoms with Gasteiger partial charge < -0.3 is 4.74 Å². The molecule has 0 aliphatic heterocycles. The van der Waals surface area contributed by atoms with Crippen molar-refractivity contribution >= 4 is 17.4 Å². The van der Waals surface area contributed by atoms with E-state index in [2.05, 4.69) is 0 Å². The van der Waals surface area contributed by atoms with Crippen LogP contribution in [0.3, 0.4) is 0 Å². The van der Waals surface area contributed by atoms with E-state index in [1.807, 2.05) is 12.1 Å². The quantitative estimate of drug-likeness (QED) is 0.413. The number of ketones is 1. The van der Waals surface area contributed by atoms with Crippen LogP contribution in [0.4, 0.5) is 0 Å². The molecule has 0 unspecified atom stereocenters. The first-order valence-corrected chi connectivity index (χ1v) is 6.07. The molecule has 0 bridgehead atoms. The molecule has 0 aromatic heterocycles. The maximum Gasteiger partial charge on any atom is 0.159 e. The number of carbonyl (C=O) groups is 1. The zero-order valence-corrected chi connectivity index (χ0v) is 10.3. The highest BCUT2D eigenvalue weighted by Crippen LogP contribution is 2.13. The lowest BCUT2D eigenvalue weighted by Crippen LogP contribution is -1.98. The van der Waals surface area contributed by atoms with E-state index in [9.17, 15) is 4.79 Å². The van der Waals surface area contributed by atoms with Gasteiger partial charge in [-0.2, -0.15) is 0 Å². The number of halogens is 1. The van der Waals surface area contributed by atoms with E-state index in [1.54, 1.807) is 19.1 Å². The number of hydrogen-bond donors (Lipinski definition) is 0. The summed E-state index contributed by atoms with van der Waals surface area (Å²) in [5.74, 6) is 1.61. The highest BCUT2D eigenvalue weighted by Gasteiger charge is 1.99. The molecule has 16 heavy (non-hydrogen) atoms. The second-order valence-corrected chi connectivity index (χ2v) is 4.06. The normalized spacial score (nSPS) is 10.1. The standard InChI is InChI=1S/C13H17ClO2/c1-11(15)12-5-7-13(8-6-12)16-10-4-2-3-9-14/h5-8H,2-4,9-10H2,1H3. The fourth-order valence-corrected chi connectivity index (χ4v) is 1.54. The first kappa shape index (κ1) is 13.0. The second kappa shape index (κ2) is 7.29. The molecule has 0 radical (unpaired) electrons. The maximum absolute atomic E-state index is 11.0. The Morgan fingerprint density at radius 3 is 2.44 bits per heavy atom. The molecule has 0 atom stereocenters. The SMILES string of the molecule is CC(=O)c1ccc(OCCCCCCl)cc1. The number of Topliss-reactive ketones (excluding diaryl/α,β-unsaturated/α-hetero) is 1. The molecule has 1 aromatic carbocycles. The van der Waals surface area contributed by atoms with Gasteiger partial charge in [-0.1, -0.05) is 0 Å². The minimum Gasteiger partial charge on any atom is -0.494 e. The number of ether oxygens (including phenoxy) is 1. The van der Waals surface area contributed by atoms with Crippen LogP contribution < -0.4 is 4.74 Å². The molecule has 3 heteroatoms. The Morgan fingerprint density at radius 1 is 1.19 bits per heavy atom. The monoisotopic (exact) mass is 240 g/mol. The molecule has 1 aromatic rings. The topological polar surface area (TPSA) is 26.3 Å². The molecule has 0 aliphatic carbocycles. The van der Waals surface area contributed by atoms with Gasteiger partial charge in [-0.05, 0) is 50.5 Å². The molecule has 0 saturated carbocycles. The molecule has 0 amide bonds. The average molecular weight is 241 g/mol. The first-order valence-electron chi connectivity index (χ1n) is 5.54. The maximum atomic E-state index is 11.0. The summed E-state index contributed by atoms with van der Waals surface area (Å²) >= 11 is 5.57. The number of unbranched alkanes of at least 4 members (excludes halogenated alkanes) is 2. The zero-order chi connectivity index (χ0) is 11.8. The first-order chi connectivity index (χ1) is 7.74. The summed E-state index contributed by atoms with van der Waals surface area (Å²) in [5.41, 5.74) is 0.717. The molecule has 0 spiro atoms. The van der Waals surface area contributed by atoms with Gasteiger partial charge >= 0.3 is 0 Å². The van der Waals surface area contributed by atoms with E-state index in [4.69, 9.17) is 16.3 Å². The Kier molecular flexibility index (Phi) is 5.94. The highest BCUT2D eigenvalue weighted by molar-refractivity contribution is 6.17. The summed E-state index contributed by atoms with van der Waals surface area (Å²) < 4.78 is 5.53. The van der Waals surface area contributed by atoms with Crippen molar-refractivity contribution in [1.29, 1.82) is 0 Å². The van der Waals surface area contributed by atoms with E-state index in [1.165, 1.54) is 0 Å². The molecular weight excluding hydrogens is 224 g/mol. The van der Waals surface area contributed by atoms with Crippen LogP contribution in [0.2, 0.25) is 0 Å². The third kappa shape index (κ3) is 4.67. The predicted octanol–water partition coefficient (Wildman–Crippen LogP) is 3.68. The lowest BCUT2D eigenvalue weighted by Gasteiger charge is -2.05. The molecule has 0 heterocycles. The van der Waals surface area contributed by atoms with Crippen molar-refractivity contribution in [2.75, 3.05) is 12.5 Å². The Balaban J connectivity index is 2.29. The van der Waals surface area contributed by atoms with Gasteiger partial charge in [0.2, 0.25) is 0 Å². The fourth-order valence-electron chi connectivity index (χ4n) is 1.35. The third-order valence-electron chi connectivity index (χ3n) is 2.31. The predicted molar refractivity (Wildman–Crippen MR) is 66.5 cm³/mol. The van der Waals surface area contributed by atoms with Gasteiger partial charge in [0.15, 0.2) is 5.78 Å². The van der Waals surface area contributed by atoms with E-state index in [0.29, 0.717) is 12.5 Å². The Bertz CT molecular complexity index is 319. The van der Waals surface area contributed by atoms with Gasteiger partial charge in [-0.25, -0.2) is 0 Å². The largest absolute Gasteiger partial charge is 0.494 e. The van der Waals surface area contributed by atoms with Gasteiger partial charge in [0.25, 0.3) is 0 Å². The summed E-state index contributed by atoms with van der Waals surface area (Å²) in [4.78, 5) is 11.0. The van der Waals surface area contributed by atoms with Crippen LogP contribution in [0.25, 0.3) is 0 Å². The van der Waals surface area contributed by atoms with E-state index in [-0.39, 0.29) is 5.78 Å². The van der Waals surface area contributed by atoms with Crippen LogP contribution in [-0.2, 0) is 0 Å². The third-order valence-corrected chi connectivity index (χ3v) is 2.57. The molecule has 0 aliphatic rings. The number of carbonyl (C=O) groups excluding carboxylic acids is 1. The minimum atomic E-state index is 0.0775. The Morgan fingerprint density at radius 2 is 1.88 bits per heavy atom. The number of hydrogen-bond acceptors (Lipinski definition) is 2. The fraction of sp³-hybridized carbons (Fsp3) is 0.462. The number of rotatable bonds is 7. The molecule has 0 N–H and O–H groups in total. The lowest BCUT2D eigenvalue weighted by molar-refractivity contribution is 0.101. The van der Waals surface area contributed by atoms with E-state index < -0.39 is 0 Å². The van der Waals surface area contributed by atoms with Crippen molar-refractivity contribution in [1.82, 2.24) is 0 Å². The summed E-state index contributed by atoms with van der Waals surface area (Å²) in [6.45, 7) is 2.26. The van der Waals surface area contributed by atoms with Crippen molar-refractivity contribution < 1.29 is 9.53 Å². The van der Waals surface area contributed by atoms with Gasteiger partial charge in [0.1, 0.15) is 5.75 Å². The van der Waals surface area contributed by atoms with Crippen LogP contribution in [0, 0.1) is 0 Å². The summed E-state index contributed by atoms with van der Waals surface area (Å²) in [7, 11) is 0. The van der Waals surface area contributed by atoms with Crippen LogP contribution in [0.15, 0.2) is 24.3 Å². The van der Waals surface area contributed by atoms with Gasteiger partial charge in [-0.15, -0.1) is 11.6 Å². The van der Waals surface area contributed by atoms with Crippen LogP contribution in [0.5, 0.6) is 5.75 Å². The molecule has 0 saturated heterocycles. The van der Waals surface area contributed by atoms with Crippen molar-refractivity contribution in [2.24, 2.45) is 0 Å². The highest BCUT2D eigenvalue weighted by atomic mass is 35.5. The van der Waals surface area contributed by atoms with Gasteiger partial charge in [-0.3, -0.25) is 4.79 Å². The van der Waals surface area contributed by atoms with Crippen LogP contribution in [-0.4, -0.2) is 18.3 Å². The summed E-state index contributed by atoms with van der Waals surface area (Å²) in [5, 5.41) is 0. The van der Waals surface area contributed by atoms with Crippen LogP contribution in [0.1, 0.15) is 36.5 Å². The summed E-state index contributed by atoms with van der Waals surface area (Å²) in [6, 6.07) is 7.24. The molecule has 1 rings (SSSR count). The van der Waals surface area contributed by atoms with Gasteiger partial charge in [0.05, 0.1) is 6.61 Å². The second-order valence-electron chi connectivity index (χ2n) is 3.68. The van der Waals surface area contributed by atoms with E-state index >= 15 is 0 Å². The van der Waals surface area contributed by atoms with Gasteiger partial charge in [0, 0.05) is 11.4 Å². The van der Waals surface area contributed by atoms with Crippen molar-refractivity contribution in [2.45, 2.75) is 26.2 Å². The molecule has 0 fully saturated rings. The average Bonchev–Trinajstić information content (AvgIpc) is 2.29. The minimum absolute atomic E-state index is 0.0775. The number of alkyl halides is 1. The van der Waals surface area contributed by atoms with Crippen molar-refractivity contribution in [3.8, 4) is 5.75 Å². The lowest BCUT2D eigenvalue weighted by atomic mass is 10.1. The zero-order valence-electron chi connectivity index (χ0n) is 9.54. The van der Waals surface area contributed by atoms with E-state index in [0.717, 1.165) is 30.6 Å². The van der Waals surface area contributed by atoms with Crippen molar-refractivity contribution in [3.05, 3.63) is 29.8 Å². The summed E-state index contributed by atoms with van der Waals surface area (Å²) in [6.07, 6.45) is 3.14. The Hall–Kier alpha value is -1.02. The molecular formula is C13H17ClO2. The molecule has 2 nitrogen and oxygen atoms in total. The smallest absolute Gasteiger partial charge is 0.159 e.